The Kier molecular flexibility index (Phi) is 4.34. The van der Waals surface area contributed by atoms with E-state index in [1.54, 1.807) is 29.9 Å². The summed E-state index contributed by atoms with van der Waals surface area (Å²) >= 11 is 0. The average Bonchev–Trinajstić information content (AvgIpc) is 2.78. The van der Waals surface area contributed by atoms with Crippen LogP contribution in [0.3, 0.4) is 0 Å². The molecule has 0 saturated carbocycles. The van der Waals surface area contributed by atoms with Crippen LogP contribution in [0.25, 0.3) is 0 Å². The summed E-state index contributed by atoms with van der Waals surface area (Å²) in [4.78, 5) is 0. The summed E-state index contributed by atoms with van der Waals surface area (Å²) < 4.78 is 40.2. The molecule has 3 nitrogen and oxygen atoms in total. The highest BCUT2D eigenvalue weighted by molar-refractivity contribution is 5.30. The molecule has 1 heterocycles. The molecule has 0 fully saturated rings. The molecule has 0 unspecified atom stereocenters. The number of benzene rings is 1. The lowest BCUT2D eigenvalue weighted by Crippen LogP contribution is -2.17. The lowest BCUT2D eigenvalue weighted by Gasteiger charge is -2.12. The van der Waals surface area contributed by atoms with E-state index in [-0.39, 0.29) is 12.1 Å². The third kappa shape index (κ3) is 3.64. The first-order chi connectivity index (χ1) is 9.91. The molecular formula is C15H14F3N3. The highest BCUT2D eigenvalue weighted by atomic mass is 19.4. The van der Waals surface area contributed by atoms with Gasteiger partial charge in [-0.2, -0.15) is 18.4 Å². The van der Waals surface area contributed by atoms with Crippen LogP contribution < -0.4 is 5.32 Å². The fraction of sp³-hybridized carbons (Fsp3) is 0.267. The van der Waals surface area contributed by atoms with E-state index in [0.29, 0.717) is 12.2 Å². The molecule has 6 heteroatoms. The summed E-state index contributed by atoms with van der Waals surface area (Å²) in [5.41, 5.74) is 0.964. The van der Waals surface area contributed by atoms with Crippen LogP contribution in [-0.4, -0.2) is 4.57 Å². The Hall–Kier alpha value is -2.26. The van der Waals surface area contributed by atoms with Crippen molar-refractivity contribution in [3.8, 4) is 6.07 Å². The predicted molar refractivity (Wildman–Crippen MR) is 72.1 cm³/mol. The second-order valence-electron chi connectivity index (χ2n) is 4.71. The van der Waals surface area contributed by atoms with E-state index in [9.17, 15) is 13.2 Å². The zero-order valence-corrected chi connectivity index (χ0v) is 11.4. The molecule has 0 aliphatic carbocycles. The Bertz CT molecular complexity index is 666. The molecule has 0 aliphatic rings. The molecule has 21 heavy (non-hydrogen) atoms. The molecule has 0 bridgehead atoms. The van der Waals surface area contributed by atoms with Crippen molar-refractivity contribution >= 4 is 0 Å². The van der Waals surface area contributed by atoms with Gasteiger partial charge in [-0.05, 0) is 23.3 Å². The first kappa shape index (κ1) is 15.1. The van der Waals surface area contributed by atoms with E-state index in [4.69, 9.17) is 5.26 Å². The minimum absolute atomic E-state index is 0.118. The minimum Gasteiger partial charge on any atom is -0.342 e. The van der Waals surface area contributed by atoms with Crippen LogP contribution in [0.4, 0.5) is 13.2 Å². The molecule has 0 amide bonds. The van der Waals surface area contributed by atoms with Crippen LogP contribution in [0.15, 0.2) is 36.5 Å². The maximum absolute atomic E-state index is 12.8. The molecule has 2 aromatic rings. The standard InChI is InChI=1S/C15H14F3N3/c1-21-10-11(6-13(21)7-19)8-20-9-12-4-2-3-5-14(12)15(16,17)18/h2-6,10,20H,8-9H2,1H3. The maximum Gasteiger partial charge on any atom is 0.416 e. The number of nitrogens with one attached hydrogen (secondary N) is 1. The molecule has 0 atom stereocenters. The third-order valence-corrected chi connectivity index (χ3v) is 3.14. The van der Waals surface area contributed by atoms with Crippen molar-refractivity contribution in [2.75, 3.05) is 0 Å². The minimum atomic E-state index is -4.35. The number of halogens is 3. The molecule has 0 radical (unpaired) electrons. The van der Waals surface area contributed by atoms with Crippen LogP contribution in [0.2, 0.25) is 0 Å². The number of hydrogen-bond acceptors (Lipinski definition) is 2. The first-order valence-electron chi connectivity index (χ1n) is 6.33. The molecule has 2 rings (SSSR count). The van der Waals surface area contributed by atoms with Crippen molar-refractivity contribution in [2.24, 2.45) is 7.05 Å². The molecule has 1 aromatic heterocycles. The van der Waals surface area contributed by atoms with Crippen molar-refractivity contribution in [1.82, 2.24) is 9.88 Å². The van der Waals surface area contributed by atoms with E-state index in [2.05, 4.69) is 5.32 Å². The highest BCUT2D eigenvalue weighted by Gasteiger charge is 2.32. The topological polar surface area (TPSA) is 40.8 Å². The van der Waals surface area contributed by atoms with Gasteiger partial charge < -0.3 is 9.88 Å². The highest BCUT2D eigenvalue weighted by Crippen LogP contribution is 2.31. The smallest absolute Gasteiger partial charge is 0.342 e. The fourth-order valence-corrected chi connectivity index (χ4v) is 2.13. The van der Waals surface area contributed by atoms with Gasteiger partial charge in [-0.1, -0.05) is 18.2 Å². The molecular weight excluding hydrogens is 279 g/mol. The number of alkyl halides is 3. The molecule has 0 saturated heterocycles. The van der Waals surface area contributed by atoms with Crippen molar-refractivity contribution in [2.45, 2.75) is 19.3 Å². The van der Waals surface area contributed by atoms with Gasteiger partial charge in [0.05, 0.1) is 5.56 Å². The van der Waals surface area contributed by atoms with Gasteiger partial charge in [-0.15, -0.1) is 0 Å². The van der Waals surface area contributed by atoms with Gasteiger partial charge in [0.2, 0.25) is 0 Å². The Morgan fingerprint density at radius 1 is 1.24 bits per heavy atom. The summed E-state index contributed by atoms with van der Waals surface area (Å²) in [6, 6.07) is 9.25. The molecule has 0 spiro atoms. The van der Waals surface area contributed by atoms with Crippen molar-refractivity contribution < 1.29 is 13.2 Å². The van der Waals surface area contributed by atoms with Gasteiger partial charge in [0.25, 0.3) is 0 Å². The lowest BCUT2D eigenvalue weighted by molar-refractivity contribution is -0.138. The molecule has 1 N–H and O–H groups in total. The summed E-state index contributed by atoms with van der Waals surface area (Å²) in [5, 5.41) is 11.8. The van der Waals surface area contributed by atoms with E-state index < -0.39 is 11.7 Å². The number of hydrogen-bond donors (Lipinski definition) is 1. The zero-order chi connectivity index (χ0) is 15.5. The fourth-order valence-electron chi connectivity index (χ4n) is 2.13. The third-order valence-electron chi connectivity index (χ3n) is 3.14. The van der Waals surface area contributed by atoms with Crippen LogP contribution in [0.5, 0.6) is 0 Å². The van der Waals surface area contributed by atoms with Gasteiger partial charge in [0.15, 0.2) is 0 Å². The Labute approximate surface area is 120 Å². The monoisotopic (exact) mass is 293 g/mol. The van der Waals surface area contributed by atoms with Gasteiger partial charge in [-0.3, -0.25) is 0 Å². The Morgan fingerprint density at radius 3 is 2.57 bits per heavy atom. The molecule has 1 aromatic carbocycles. The second kappa shape index (κ2) is 6.02. The van der Waals surface area contributed by atoms with E-state index in [0.717, 1.165) is 11.6 Å². The van der Waals surface area contributed by atoms with Crippen molar-refractivity contribution in [3.05, 3.63) is 58.9 Å². The molecule has 110 valence electrons. The number of rotatable bonds is 4. The quantitative estimate of drug-likeness (QED) is 0.940. The Balaban J connectivity index is 2.02. The number of nitriles is 1. The number of aryl methyl sites for hydroxylation is 1. The second-order valence-corrected chi connectivity index (χ2v) is 4.71. The van der Waals surface area contributed by atoms with Crippen LogP contribution >= 0.6 is 0 Å². The summed E-state index contributed by atoms with van der Waals surface area (Å²) in [7, 11) is 1.75. The van der Waals surface area contributed by atoms with E-state index in [1.807, 2.05) is 6.07 Å². The van der Waals surface area contributed by atoms with Gasteiger partial charge in [-0.25, -0.2) is 0 Å². The zero-order valence-electron chi connectivity index (χ0n) is 11.4. The van der Waals surface area contributed by atoms with Crippen LogP contribution in [-0.2, 0) is 26.3 Å². The van der Waals surface area contributed by atoms with Crippen LogP contribution in [0.1, 0.15) is 22.4 Å². The Morgan fingerprint density at radius 2 is 1.95 bits per heavy atom. The summed E-state index contributed by atoms with van der Waals surface area (Å²) in [6.07, 6.45) is -2.57. The van der Waals surface area contributed by atoms with Crippen LogP contribution in [0, 0.1) is 11.3 Å². The largest absolute Gasteiger partial charge is 0.416 e. The lowest BCUT2D eigenvalue weighted by atomic mass is 10.1. The van der Waals surface area contributed by atoms with E-state index >= 15 is 0 Å². The summed E-state index contributed by atoms with van der Waals surface area (Å²) in [6.45, 7) is 0.522. The van der Waals surface area contributed by atoms with E-state index in [1.165, 1.54) is 12.1 Å². The van der Waals surface area contributed by atoms with Gasteiger partial charge in [0, 0.05) is 26.3 Å². The predicted octanol–water partition coefficient (Wildman–Crippen LogP) is 3.21. The molecule has 0 aliphatic heterocycles. The van der Waals surface area contributed by atoms with Crippen molar-refractivity contribution in [1.29, 1.82) is 5.26 Å². The SMILES string of the molecule is Cn1cc(CNCc2ccccc2C(F)(F)F)cc1C#N. The average molecular weight is 293 g/mol. The first-order valence-corrected chi connectivity index (χ1v) is 6.33. The summed E-state index contributed by atoms with van der Waals surface area (Å²) in [5.74, 6) is 0. The number of nitrogens with zero attached hydrogens (tertiary/aromatic N) is 2. The maximum atomic E-state index is 12.8. The normalized spacial score (nSPS) is 11.4. The van der Waals surface area contributed by atoms with Gasteiger partial charge >= 0.3 is 6.18 Å². The number of aromatic nitrogens is 1. The van der Waals surface area contributed by atoms with Gasteiger partial charge in [0.1, 0.15) is 11.8 Å². The van der Waals surface area contributed by atoms with Crippen molar-refractivity contribution in [3.63, 3.8) is 0 Å².